The fraction of sp³-hybridized carbons (Fsp3) is 0.333. The summed E-state index contributed by atoms with van der Waals surface area (Å²) in [7, 11) is 0. The first kappa shape index (κ1) is 18.0. The van der Waals surface area contributed by atoms with Crippen LogP contribution in [0.4, 0.5) is 11.5 Å². The maximum Gasteiger partial charge on any atom is 0.255 e. The van der Waals surface area contributed by atoms with Crippen molar-refractivity contribution in [2.75, 3.05) is 38.0 Å². The van der Waals surface area contributed by atoms with E-state index in [1.54, 1.807) is 36.5 Å². The van der Waals surface area contributed by atoms with E-state index in [0.717, 1.165) is 32.7 Å². The standard InChI is InChI=1S/C18H20Cl2N4O/c1-2-23-8-10-24(11-9-23)18(25)13-6-7-16(21-12-13)22-17-14(19)4-3-5-15(17)20/h3-7,12H,2,8-11H2,1H3,(H,21,22). The van der Waals surface area contributed by atoms with Gasteiger partial charge in [-0.1, -0.05) is 36.2 Å². The highest BCUT2D eigenvalue weighted by molar-refractivity contribution is 6.39. The lowest BCUT2D eigenvalue weighted by atomic mass is 10.2. The Morgan fingerprint density at radius 3 is 2.36 bits per heavy atom. The summed E-state index contributed by atoms with van der Waals surface area (Å²) in [5.74, 6) is 0.605. The third kappa shape index (κ3) is 4.24. The van der Waals surface area contributed by atoms with Gasteiger partial charge in [-0.05, 0) is 30.8 Å². The van der Waals surface area contributed by atoms with Crippen molar-refractivity contribution < 1.29 is 4.79 Å². The number of amides is 1. The normalized spacial score (nSPS) is 15.2. The van der Waals surface area contributed by atoms with Gasteiger partial charge in [0.25, 0.3) is 5.91 Å². The third-order valence-corrected chi connectivity index (χ3v) is 4.96. The quantitative estimate of drug-likeness (QED) is 0.875. The number of benzene rings is 1. The van der Waals surface area contributed by atoms with E-state index in [4.69, 9.17) is 23.2 Å². The second-order valence-corrected chi connectivity index (χ2v) is 6.69. The molecule has 5 nitrogen and oxygen atoms in total. The number of halogens is 2. The van der Waals surface area contributed by atoms with Crippen molar-refractivity contribution in [3.8, 4) is 0 Å². The minimum absolute atomic E-state index is 0.0191. The zero-order valence-electron chi connectivity index (χ0n) is 14.0. The van der Waals surface area contributed by atoms with Crippen molar-refractivity contribution in [3.05, 3.63) is 52.1 Å². The summed E-state index contributed by atoms with van der Waals surface area (Å²) < 4.78 is 0. The van der Waals surface area contributed by atoms with Gasteiger partial charge in [-0.15, -0.1) is 0 Å². The molecule has 1 N–H and O–H groups in total. The van der Waals surface area contributed by atoms with Crippen LogP contribution in [0.1, 0.15) is 17.3 Å². The fourth-order valence-corrected chi connectivity index (χ4v) is 3.28. The van der Waals surface area contributed by atoms with Gasteiger partial charge >= 0.3 is 0 Å². The first-order chi connectivity index (χ1) is 12.1. The molecule has 0 atom stereocenters. The van der Waals surface area contributed by atoms with Gasteiger partial charge in [-0.3, -0.25) is 4.79 Å². The summed E-state index contributed by atoms with van der Waals surface area (Å²) in [6.07, 6.45) is 1.58. The molecule has 132 valence electrons. The summed E-state index contributed by atoms with van der Waals surface area (Å²) in [4.78, 5) is 21.1. The number of para-hydroxylation sites is 1. The Hall–Kier alpha value is -1.82. The molecule has 0 unspecified atom stereocenters. The van der Waals surface area contributed by atoms with Gasteiger partial charge in [-0.25, -0.2) is 4.98 Å². The topological polar surface area (TPSA) is 48.5 Å². The molecule has 3 rings (SSSR count). The van der Waals surface area contributed by atoms with Crippen molar-refractivity contribution in [3.63, 3.8) is 0 Å². The molecule has 0 radical (unpaired) electrons. The van der Waals surface area contributed by atoms with E-state index in [9.17, 15) is 4.79 Å². The van der Waals surface area contributed by atoms with Crippen LogP contribution in [0.25, 0.3) is 0 Å². The predicted molar refractivity (Wildman–Crippen MR) is 102 cm³/mol. The van der Waals surface area contributed by atoms with E-state index in [2.05, 4.69) is 22.1 Å². The first-order valence-electron chi connectivity index (χ1n) is 8.27. The SMILES string of the molecule is CCN1CCN(C(=O)c2ccc(Nc3c(Cl)cccc3Cl)nc2)CC1. The van der Waals surface area contributed by atoms with Crippen molar-refractivity contribution in [1.29, 1.82) is 0 Å². The largest absolute Gasteiger partial charge is 0.338 e. The van der Waals surface area contributed by atoms with Crippen LogP contribution in [0.2, 0.25) is 10.0 Å². The number of rotatable bonds is 4. The summed E-state index contributed by atoms with van der Waals surface area (Å²) in [6, 6.07) is 8.82. The number of anilines is 2. The minimum atomic E-state index is 0.0191. The number of hydrogen-bond acceptors (Lipinski definition) is 4. The Morgan fingerprint density at radius 2 is 1.80 bits per heavy atom. The third-order valence-electron chi connectivity index (χ3n) is 4.33. The Morgan fingerprint density at radius 1 is 1.12 bits per heavy atom. The number of pyridine rings is 1. The number of carbonyl (C=O) groups is 1. The molecule has 1 amide bonds. The number of nitrogens with one attached hydrogen (secondary N) is 1. The van der Waals surface area contributed by atoms with Crippen LogP contribution in [0.15, 0.2) is 36.5 Å². The van der Waals surface area contributed by atoms with Crippen LogP contribution in [0.3, 0.4) is 0 Å². The van der Waals surface area contributed by atoms with E-state index >= 15 is 0 Å². The highest BCUT2D eigenvalue weighted by Crippen LogP contribution is 2.31. The van der Waals surface area contributed by atoms with E-state index in [1.807, 2.05) is 4.90 Å². The maximum absolute atomic E-state index is 12.6. The van der Waals surface area contributed by atoms with E-state index in [-0.39, 0.29) is 5.91 Å². The van der Waals surface area contributed by atoms with Gasteiger partial charge in [0, 0.05) is 32.4 Å². The average Bonchev–Trinajstić information content (AvgIpc) is 2.65. The Labute approximate surface area is 157 Å². The molecule has 0 aliphatic carbocycles. The van der Waals surface area contributed by atoms with Gasteiger partial charge in [0.05, 0.1) is 21.3 Å². The summed E-state index contributed by atoms with van der Waals surface area (Å²) in [5.41, 5.74) is 1.19. The van der Waals surface area contributed by atoms with E-state index < -0.39 is 0 Å². The fourth-order valence-electron chi connectivity index (χ4n) is 2.79. The molecule has 2 heterocycles. The van der Waals surface area contributed by atoms with Crippen LogP contribution in [-0.4, -0.2) is 53.4 Å². The van der Waals surface area contributed by atoms with Crippen LogP contribution < -0.4 is 5.32 Å². The van der Waals surface area contributed by atoms with Gasteiger partial charge in [-0.2, -0.15) is 0 Å². The number of hydrogen-bond donors (Lipinski definition) is 1. The van der Waals surface area contributed by atoms with E-state index in [1.165, 1.54) is 0 Å². The number of carbonyl (C=O) groups excluding carboxylic acids is 1. The number of nitrogens with zero attached hydrogens (tertiary/aromatic N) is 3. The summed E-state index contributed by atoms with van der Waals surface area (Å²) in [6.45, 7) is 6.50. The summed E-state index contributed by atoms with van der Waals surface area (Å²) in [5, 5.41) is 4.13. The molecule has 0 spiro atoms. The molecule has 1 aliphatic heterocycles. The molecule has 1 saturated heterocycles. The molecular weight excluding hydrogens is 359 g/mol. The molecular formula is C18H20Cl2N4O. The minimum Gasteiger partial charge on any atom is -0.338 e. The molecule has 0 bridgehead atoms. The second-order valence-electron chi connectivity index (χ2n) is 5.88. The molecule has 7 heteroatoms. The molecule has 25 heavy (non-hydrogen) atoms. The van der Waals surface area contributed by atoms with Crippen molar-refractivity contribution in [1.82, 2.24) is 14.8 Å². The average molecular weight is 379 g/mol. The first-order valence-corrected chi connectivity index (χ1v) is 9.03. The molecule has 1 aromatic heterocycles. The van der Waals surface area contributed by atoms with Crippen LogP contribution in [0, 0.1) is 0 Å². The highest BCUT2D eigenvalue weighted by Gasteiger charge is 2.21. The van der Waals surface area contributed by atoms with Gasteiger partial charge in [0.2, 0.25) is 0 Å². The van der Waals surface area contributed by atoms with E-state index in [0.29, 0.717) is 27.1 Å². The maximum atomic E-state index is 12.6. The van der Waals surface area contributed by atoms with Crippen LogP contribution in [0.5, 0.6) is 0 Å². The molecule has 1 fully saturated rings. The number of aromatic nitrogens is 1. The zero-order chi connectivity index (χ0) is 17.8. The Bertz CT molecular complexity index is 723. The lowest BCUT2D eigenvalue weighted by Gasteiger charge is -2.34. The van der Waals surface area contributed by atoms with Gasteiger partial charge < -0.3 is 15.1 Å². The smallest absolute Gasteiger partial charge is 0.255 e. The number of likely N-dealkylation sites (N-methyl/N-ethyl adjacent to an activating group) is 1. The van der Waals surface area contributed by atoms with Gasteiger partial charge in [0.15, 0.2) is 0 Å². The van der Waals surface area contributed by atoms with Gasteiger partial charge in [0.1, 0.15) is 5.82 Å². The predicted octanol–water partition coefficient (Wildman–Crippen LogP) is 3.91. The molecule has 1 aliphatic rings. The molecule has 1 aromatic carbocycles. The Balaban J connectivity index is 1.67. The van der Waals surface area contributed by atoms with Crippen molar-refractivity contribution in [2.24, 2.45) is 0 Å². The van der Waals surface area contributed by atoms with Crippen LogP contribution >= 0.6 is 23.2 Å². The zero-order valence-corrected chi connectivity index (χ0v) is 15.5. The highest BCUT2D eigenvalue weighted by atomic mass is 35.5. The lowest BCUT2D eigenvalue weighted by Crippen LogP contribution is -2.48. The van der Waals surface area contributed by atoms with Crippen molar-refractivity contribution >= 4 is 40.6 Å². The second kappa shape index (κ2) is 8.04. The lowest BCUT2D eigenvalue weighted by molar-refractivity contribution is 0.0643. The van der Waals surface area contributed by atoms with Crippen molar-refractivity contribution in [2.45, 2.75) is 6.92 Å². The molecule has 2 aromatic rings. The molecule has 0 saturated carbocycles. The van der Waals surface area contributed by atoms with Crippen LogP contribution in [-0.2, 0) is 0 Å². The number of piperazine rings is 1. The monoisotopic (exact) mass is 378 g/mol. The Kier molecular flexibility index (Phi) is 5.78. The summed E-state index contributed by atoms with van der Waals surface area (Å²) >= 11 is 12.3.